The highest BCUT2D eigenvalue weighted by Gasteiger charge is 2.38. The standard InChI is InChI=1S/C44H50F3N9O5/c45-44(46,47)32-3-1-2-30(23-32)40(59)50-42-48-37-24-35(9-11-38(37)56(42)34-7-4-28(27-57)5-8-34)53-20-18-52(19-21-53)33-12-15-51(16-13-33)25-29-6-10-36-31(22-29)26-55(41(36)60)54-17-14-39(58)49-43(54)61/h1-3,6,9-11,22-24,28,33-34,57H,4-5,7-8,12-21,25-27H2,(H,48,50,59)(H,49,58,61). The van der Waals surface area contributed by atoms with Gasteiger partial charge in [0.15, 0.2) is 0 Å². The van der Waals surface area contributed by atoms with E-state index in [0.717, 1.165) is 119 Å². The number of rotatable bonds is 9. The summed E-state index contributed by atoms with van der Waals surface area (Å²) in [7, 11) is 0. The summed E-state index contributed by atoms with van der Waals surface area (Å²) in [5.74, 6) is -0.701. The first-order valence-corrected chi connectivity index (χ1v) is 21.3. The molecule has 0 bridgehead atoms. The second-order valence-electron chi connectivity index (χ2n) is 17.0. The summed E-state index contributed by atoms with van der Waals surface area (Å²) >= 11 is 0. The summed E-state index contributed by atoms with van der Waals surface area (Å²) in [4.78, 5) is 62.8. The number of nitrogens with zero attached hydrogens (tertiary/aromatic N) is 7. The number of halogens is 3. The van der Waals surface area contributed by atoms with Crippen LogP contribution in [-0.2, 0) is 24.1 Å². The van der Waals surface area contributed by atoms with Crippen LogP contribution in [0.1, 0.15) is 88.4 Å². The molecule has 4 aliphatic heterocycles. The number of carbonyl (C=O) groups excluding carboxylic acids is 4. The summed E-state index contributed by atoms with van der Waals surface area (Å²) in [6, 6.07) is 16.4. The molecule has 61 heavy (non-hydrogen) atoms. The van der Waals surface area contributed by atoms with E-state index >= 15 is 0 Å². The lowest BCUT2D eigenvalue weighted by atomic mass is 9.86. The van der Waals surface area contributed by atoms with Crippen molar-refractivity contribution in [3.63, 3.8) is 0 Å². The summed E-state index contributed by atoms with van der Waals surface area (Å²) in [6.07, 6.45) is 0.921. The maximum Gasteiger partial charge on any atom is 0.416 e. The first-order chi connectivity index (χ1) is 29.4. The largest absolute Gasteiger partial charge is 0.416 e. The van der Waals surface area contributed by atoms with Crippen LogP contribution < -0.4 is 15.5 Å². The molecule has 14 nitrogen and oxygen atoms in total. The fourth-order valence-corrected chi connectivity index (χ4v) is 9.82. The molecule has 0 radical (unpaired) electrons. The molecule has 322 valence electrons. The number of piperidine rings is 1. The number of carbonyl (C=O) groups is 4. The van der Waals surface area contributed by atoms with Crippen LogP contribution >= 0.6 is 0 Å². The van der Waals surface area contributed by atoms with E-state index in [1.54, 1.807) is 0 Å². The topological polar surface area (TPSA) is 147 Å². The Morgan fingerprint density at radius 3 is 2.33 bits per heavy atom. The zero-order chi connectivity index (χ0) is 42.4. The number of hydrogen-bond acceptors (Lipinski definition) is 9. The molecule has 5 amide bonds. The van der Waals surface area contributed by atoms with Gasteiger partial charge in [-0.1, -0.05) is 18.2 Å². The van der Waals surface area contributed by atoms with Crippen LogP contribution in [0.4, 0.5) is 29.6 Å². The number of nitrogens with one attached hydrogen (secondary N) is 2. The normalized spacial score (nSPS) is 22.2. The minimum Gasteiger partial charge on any atom is -0.396 e. The lowest BCUT2D eigenvalue weighted by Crippen LogP contribution is -2.56. The smallest absolute Gasteiger partial charge is 0.396 e. The molecular weight excluding hydrogens is 792 g/mol. The van der Waals surface area contributed by atoms with Crippen molar-refractivity contribution >= 4 is 46.4 Å². The van der Waals surface area contributed by atoms with Crippen LogP contribution in [0.5, 0.6) is 0 Å². The molecule has 4 fully saturated rings. The van der Waals surface area contributed by atoms with E-state index in [9.17, 15) is 37.5 Å². The van der Waals surface area contributed by atoms with E-state index < -0.39 is 23.7 Å². The van der Waals surface area contributed by atoms with Crippen molar-refractivity contribution in [2.45, 2.75) is 76.3 Å². The van der Waals surface area contributed by atoms with E-state index in [4.69, 9.17) is 4.98 Å². The van der Waals surface area contributed by atoms with Crippen LogP contribution in [0.15, 0.2) is 60.7 Å². The number of urea groups is 1. The Hall–Kier alpha value is -5.52. The van der Waals surface area contributed by atoms with Gasteiger partial charge in [0.25, 0.3) is 11.8 Å². The van der Waals surface area contributed by atoms with Gasteiger partial charge in [-0.2, -0.15) is 13.2 Å². The van der Waals surface area contributed by atoms with Crippen LogP contribution in [0.3, 0.4) is 0 Å². The van der Waals surface area contributed by atoms with E-state index in [0.29, 0.717) is 29.6 Å². The molecule has 5 heterocycles. The Balaban J connectivity index is 0.814. The molecule has 3 N–H and O–H groups in total. The number of aromatic nitrogens is 2. The molecular formula is C44H50F3N9O5. The van der Waals surface area contributed by atoms with Crippen molar-refractivity contribution in [2.75, 3.05) is 62.6 Å². The summed E-state index contributed by atoms with van der Waals surface area (Å²) in [5.41, 5.74) is 4.19. The number of piperazine rings is 1. The van der Waals surface area contributed by atoms with Gasteiger partial charge in [-0.05, 0) is 111 Å². The average molecular weight is 842 g/mol. The molecule has 3 saturated heterocycles. The SMILES string of the molecule is O=C1CCN(N2Cc3cc(CN4CCC(N5CCN(c6ccc7c(c6)nc(NC(=O)c6cccc(C(F)(F)F)c6)n7C6CCC(CO)CC6)CC5)CC4)ccc3C2=O)C(=O)N1. The number of likely N-dealkylation sites (tertiary alicyclic amines) is 1. The molecule has 17 heteroatoms. The molecule has 1 aliphatic carbocycles. The Morgan fingerprint density at radius 1 is 0.836 bits per heavy atom. The van der Waals surface area contributed by atoms with Crippen molar-refractivity contribution < 1.29 is 37.5 Å². The number of benzene rings is 3. The Bertz CT molecular complexity index is 2330. The fraction of sp³-hybridized carbons (Fsp3) is 0.477. The van der Waals surface area contributed by atoms with Crippen LogP contribution in [-0.4, -0.2) is 117 Å². The Kier molecular flexibility index (Phi) is 11.2. The number of imide groups is 1. The van der Waals surface area contributed by atoms with E-state index in [-0.39, 0.29) is 48.9 Å². The number of hydrazine groups is 1. The van der Waals surface area contributed by atoms with Crippen LogP contribution in [0, 0.1) is 5.92 Å². The molecule has 0 spiro atoms. The molecule has 4 aromatic rings. The number of alkyl halides is 3. The number of fused-ring (bicyclic) bond motifs is 2. The first kappa shape index (κ1) is 40.9. The number of anilines is 2. The summed E-state index contributed by atoms with van der Waals surface area (Å²) in [5, 5.41) is 17.6. The van der Waals surface area contributed by atoms with E-state index in [2.05, 4.69) is 37.5 Å². The zero-order valence-corrected chi connectivity index (χ0v) is 33.9. The summed E-state index contributed by atoms with van der Waals surface area (Å²) in [6.45, 7) is 6.83. The lowest BCUT2D eigenvalue weighted by molar-refractivity contribution is -0.137. The third kappa shape index (κ3) is 8.42. The monoisotopic (exact) mass is 841 g/mol. The Morgan fingerprint density at radius 2 is 1.61 bits per heavy atom. The van der Waals surface area contributed by atoms with Gasteiger partial charge < -0.3 is 14.6 Å². The van der Waals surface area contributed by atoms with Gasteiger partial charge in [0, 0.05) is 74.6 Å². The number of hydrogen-bond donors (Lipinski definition) is 3. The van der Waals surface area contributed by atoms with Gasteiger partial charge in [0.2, 0.25) is 11.9 Å². The second kappa shape index (κ2) is 16.7. The number of aliphatic hydroxyl groups is 1. The molecule has 0 atom stereocenters. The van der Waals surface area contributed by atoms with Crippen molar-refractivity contribution in [1.82, 2.24) is 34.7 Å². The maximum atomic E-state index is 13.5. The minimum atomic E-state index is -4.57. The van der Waals surface area contributed by atoms with Gasteiger partial charge in [-0.3, -0.25) is 34.8 Å². The third-order valence-corrected chi connectivity index (χ3v) is 13.2. The van der Waals surface area contributed by atoms with Gasteiger partial charge >= 0.3 is 12.2 Å². The van der Waals surface area contributed by atoms with Gasteiger partial charge in [0.05, 0.1) is 29.7 Å². The van der Waals surface area contributed by atoms with Crippen molar-refractivity contribution in [2.24, 2.45) is 5.92 Å². The highest BCUT2D eigenvalue weighted by atomic mass is 19.4. The van der Waals surface area contributed by atoms with Gasteiger partial charge in [0.1, 0.15) is 0 Å². The average Bonchev–Trinajstić information content (AvgIpc) is 3.79. The molecule has 0 unspecified atom stereocenters. The van der Waals surface area contributed by atoms with Crippen molar-refractivity contribution in [3.8, 4) is 0 Å². The lowest BCUT2D eigenvalue weighted by Gasteiger charge is -2.43. The number of amides is 5. The van der Waals surface area contributed by atoms with E-state index in [1.165, 1.54) is 22.2 Å². The first-order valence-electron chi connectivity index (χ1n) is 21.3. The molecule has 3 aromatic carbocycles. The van der Waals surface area contributed by atoms with Crippen LogP contribution in [0.25, 0.3) is 11.0 Å². The molecule has 9 rings (SSSR count). The highest BCUT2D eigenvalue weighted by molar-refractivity contribution is 6.04. The second-order valence-corrected chi connectivity index (χ2v) is 17.0. The Labute approximate surface area is 351 Å². The maximum absolute atomic E-state index is 13.5. The van der Waals surface area contributed by atoms with Gasteiger partial charge in [-0.15, -0.1) is 0 Å². The predicted molar refractivity (Wildman–Crippen MR) is 220 cm³/mol. The molecule has 1 saturated carbocycles. The minimum absolute atomic E-state index is 0.0145. The third-order valence-electron chi connectivity index (χ3n) is 13.2. The number of imidazole rings is 1. The summed E-state index contributed by atoms with van der Waals surface area (Å²) < 4.78 is 42.4. The van der Waals surface area contributed by atoms with Crippen molar-refractivity contribution in [3.05, 3.63) is 88.5 Å². The zero-order valence-electron chi connectivity index (χ0n) is 33.9. The van der Waals surface area contributed by atoms with Crippen molar-refractivity contribution in [1.29, 1.82) is 0 Å². The van der Waals surface area contributed by atoms with Crippen LogP contribution in [0.2, 0.25) is 0 Å². The highest BCUT2D eigenvalue weighted by Crippen LogP contribution is 2.38. The molecule has 1 aromatic heterocycles. The van der Waals surface area contributed by atoms with E-state index in [1.807, 2.05) is 28.8 Å². The van der Waals surface area contributed by atoms with Gasteiger partial charge in [-0.25, -0.2) is 19.8 Å². The predicted octanol–water partition coefficient (Wildman–Crippen LogP) is 5.63. The molecule has 5 aliphatic rings. The fourth-order valence-electron chi connectivity index (χ4n) is 9.82. The quantitative estimate of drug-likeness (QED) is 0.195. The number of aliphatic hydroxyl groups excluding tert-OH is 1.